The van der Waals surface area contributed by atoms with E-state index < -0.39 is 0 Å². The summed E-state index contributed by atoms with van der Waals surface area (Å²) < 4.78 is 0.870. The highest BCUT2D eigenvalue weighted by Gasteiger charge is 2.29. The molecule has 1 aromatic rings. The minimum absolute atomic E-state index is 0.257. The van der Waals surface area contributed by atoms with Gasteiger partial charge < -0.3 is 0 Å². The fourth-order valence-electron chi connectivity index (χ4n) is 1.78. The van der Waals surface area contributed by atoms with Crippen molar-refractivity contribution in [1.82, 2.24) is 5.43 Å². The van der Waals surface area contributed by atoms with Crippen molar-refractivity contribution >= 4 is 22.9 Å². The van der Waals surface area contributed by atoms with Crippen LogP contribution in [0, 0.1) is 5.92 Å². The minimum Gasteiger partial charge on any atom is -0.271 e. The molecular formula is C9H13ClN2S. The molecule has 0 aromatic carbocycles. The van der Waals surface area contributed by atoms with E-state index in [2.05, 4.69) is 11.5 Å². The second-order valence-electron chi connectivity index (χ2n) is 3.48. The fourth-order valence-corrected chi connectivity index (χ4v) is 2.78. The molecule has 0 radical (unpaired) electrons. The van der Waals surface area contributed by atoms with Crippen LogP contribution >= 0.6 is 22.9 Å². The molecule has 4 heteroatoms. The van der Waals surface area contributed by atoms with Crippen molar-refractivity contribution in [3.63, 3.8) is 0 Å². The van der Waals surface area contributed by atoms with Crippen molar-refractivity contribution in [2.45, 2.75) is 25.3 Å². The summed E-state index contributed by atoms with van der Waals surface area (Å²) in [5.41, 5.74) is 4.04. The first-order valence-electron chi connectivity index (χ1n) is 4.52. The summed E-state index contributed by atoms with van der Waals surface area (Å²) in [5.74, 6) is 6.22. The number of rotatable bonds is 3. The Kier molecular flexibility index (Phi) is 2.89. The molecule has 1 saturated carbocycles. The summed E-state index contributed by atoms with van der Waals surface area (Å²) in [4.78, 5) is 0. The average Bonchev–Trinajstić information content (AvgIpc) is 2.43. The van der Waals surface area contributed by atoms with Crippen molar-refractivity contribution in [3.8, 4) is 0 Å². The van der Waals surface area contributed by atoms with E-state index in [1.165, 1.54) is 24.8 Å². The van der Waals surface area contributed by atoms with Crippen LogP contribution in [-0.4, -0.2) is 0 Å². The van der Waals surface area contributed by atoms with E-state index in [1.54, 1.807) is 11.3 Å². The highest BCUT2D eigenvalue weighted by Crippen LogP contribution is 2.40. The summed E-state index contributed by atoms with van der Waals surface area (Å²) in [7, 11) is 0. The molecule has 1 unspecified atom stereocenters. The van der Waals surface area contributed by atoms with E-state index in [1.807, 2.05) is 5.38 Å². The van der Waals surface area contributed by atoms with E-state index in [-0.39, 0.29) is 6.04 Å². The number of hydrogen-bond donors (Lipinski definition) is 2. The number of hydrazine groups is 1. The number of hydrogen-bond acceptors (Lipinski definition) is 3. The standard InChI is InChI=1S/C9H13ClN2S/c10-9-7(4-5-13-9)8(12-11)6-2-1-3-6/h4-6,8,12H,1-3,11H2. The van der Waals surface area contributed by atoms with Gasteiger partial charge in [0.2, 0.25) is 0 Å². The van der Waals surface area contributed by atoms with Gasteiger partial charge in [0.15, 0.2) is 0 Å². The molecule has 0 spiro atoms. The number of nitrogens with two attached hydrogens (primary N) is 1. The summed E-state index contributed by atoms with van der Waals surface area (Å²) in [6.45, 7) is 0. The lowest BCUT2D eigenvalue weighted by Crippen LogP contribution is -2.36. The molecule has 13 heavy (non-hydrogen) atoms. The van der Waals surface area contributed by atoms with Gasteiger partial charge in [-0.05, 0) is 30.2 Å². The SMILES string of the molecule is NNC(c1ccsc1Cl)C1CCC1. The number of halogens is 1. The average molecular weight is 217 g/mol. The molecule has 72 valence electrons. The van der Waals surface area contributed by atoms with Crippen molar-refractivity contribution in [2.75, 3.05) is 0 Å². The topological polar surface area (TPSA) is 38.0 Å². The van der Waals surface area contributed by atoms with Crippen LogP contribution in [0.5, 0.6) is 0 Å². The molecule has 0 bridgehead atoms. The number of nitrogens with one attached hydrogen (secondary N) is 1. The Morgan fingerprint density at radius 2 is 2.38 bits per heavy atom. The maximum Gasteiger partial charge on any atom is 0.0976 e. The molecule has 1 heterocycles. The van der Waals surface area contributed by atoms with Gasteiger partial charge in [0.1, 0.15) is 0 Å². The quantitative estimate of drug-likeness (QED) is 0.602. The first-order valence-corrected chi connectivity index (χ1v) is 5.77. The van der Waals surface area contributed by atoms with Gasteiger partial charge in [-0.25, -0.2) is 0 Å². The van der Waals surface area contributed by atoms with Gasteiger partial charge in [-0.1, -0.05) is 18.0 Å². The maximum atomic E-state index is 6.06. The second-order valence-corrected chi connectivity index (χ2v) is 5.00. The molecule has 1 aliphatic carbocycles. The highest BCUT2D eigenvalue weighted by molar-refractivity contribution is 7.14. The van der Waals surface area contributed by atoms with Crippen LogP contribution in [0.25, 0.3) is 0 Å². The van der Waals surface area contributed by atoms with E-state index in [0.717, 1.165) is 4.34 Å². The molecule has 1 aliphatic rings. The van der Waals surface area contributed by atoms with Crippen LogP contribution in [0.1, 0.15) is 30.9 Å². The molecule has 1 fully saturated rings. The Hall–Kier alpha value is -0.0900. The van der Waals surface area contributed by atoms with Gasteiger partial charge in [-0.15, -0.1) is 11.3 Å². The summed E-state index contributed by atoms with van der Waals surface area (Å²) in [6, 6.07) is 2.32. The molecule has 1 atom stereocenters. The molecule has 2 nitrogen and oxygen atoms in total. The van der Waals surface area contributed by atoms with Crippen LogP contribution in [-0.2, 0) is 0 Å². The van der Waals surface area contributed by atoms with Gasteiger partial charge in [0.25, 0.3) is 0 Å². The zero-order valence-corrected chi connectivity index (χ0v) is 8.87. The molecule has 1 aromatic heterocycles. The maximum absolute atomic E-state index is 6.06. The highest BCUT2D eigenvalue weighted by atomic mass is 35.5. The zero-order valence-electron chi connectivity index (χ0n) is 7.29. The van der Waals surface area contributed by atoms with E-state index in [4.69, 9.17) is 17.4 Å². The smallest absolute Gasteiger partial charge is 0.0976 e. The Balaban J connectivity index is 2.16. The van der Waals surface area contributed by atoms with Crippen LogP contribution in [0.3, 0.4) is 0 Å². The van der Waals surface area contributed by atoms with Gasteiger partial charge in [0.05, 0.1) is 10.4 Å². The predicted molar refractivity (Wildman–Crippen MR) is 56.7 cm³/mol. The van der Waals surface area contributed by atoms with E-state index >= 15 is 0 Å². The molecule has 0 aliphatic heterocycles. The lowest BCUT2D eigenvalue weighted by molar-refractivity contribution is 0.232. The summed E-state index contributed by atoms with van der Waals surface area (Å²) in [6.07, 6.45) is 3.85. The van der Waals surface area contributed by atoms with Crippen molar-refractivity contribution in [1.29, 1.82) is 0 Å². The monoisotopic (exact) mass is 216 g/mol. The molecular weight excluding hydrogens is 204 g/mol. The predicted octanol–water partition coefficient (Wildman–Crippen LogP) is 2.71. The lowest BCUT2D eigenvalue weighted by atomic mass is 9.78. The van der Waals surface area contributed by atoms with Crippen molar-refractivity contribution < 1.29 is 0 Å². The largest absolute Gasteiger partial charge is 0.271 e. The number of thiophene rings is 1. The van der Waals surface area contributed by atoms with E-state index in [0.29, 0.717) is 5.92 Å². The third-order valence-electron chi connectivity index (χ3n) is 2.78. The molecule has 0 amide bonds. The molecule has 3 N–H and O–H groups in total. The van der Waals surface area contributed by atoms with Gasteiger partial charge >= 0.3 is 0 Å². The zero-order chi connectivity index (χ0) is 9.26. The molecule has 2 rings (SSSR count). The second kappa shape index (κ2) is 3.96. The normalized spacial score (nSPS) is 19.8. The van der Waals surface area contributed by atoms with Crippen LogP contribution in [0.2, 0.25) is 4.34 Å². The minimum atomic E-state index is 0.257. The third kappa shape index (κ3) is 1.74. The third-order valence-corrected chi connectivity index (χ3v) is 3.98. The fraction of sp³-hybridized carbons (Fsp3) is 0.556. The lowest BCUT2D eigenvalue weighted by Gasteiger charge is -2.33. The Morgan fingerprint density at radius 1 is 1.62 bits per heavy atom. The molecule has 0 saturated heterocycles. The summed E-state index contributed by atoms with van der Waals surface area (Å²) in [5, 5.41) is 2.01. The van der Waals surface area contributed by atoms with Gasteiger partial charge in [0, 0.05) is 5.56 Å². The first kappa shape index (κ1) is 9.46. The summed E-state index contributed by atoms with van der Waals surface area (Å²) >= 11 is 7.63. The van der Waals surface area contributed by atoms with E-state index in [9.17, 15) is 0 Å². The van der Waals surface area contributed by atoms with Crippen LogP contribution in [0.15, 0.2) is 11.4 Å². The van der Waals surface area contributed by atoms with Crippen molar-refractivity contribution in [3.05, 3.63) is 21.3 Å². The Bertz CT molecular complexity index is 283. The van der Waals surface area contributed by atoms with Gasteiger partial charge in [-0.2, -0.15) is 0 Å². The van der Waals surface area contributed by atoms with Crippen LogP contribution in [0.4, 0.5) is 0 Å². The Morgan fingerprint density at radius 3 is 2.77 bits per heavy atom. The van der Waals surface area contributed by atoms with Gasteiger partial charge in [-0.3, -0.25) is 11.3 Å². The Labute approximate surface area is 87.1 Å². The van der Waals surface area contributed by atoms with Crippen LogP contribution < -0.4 is 11.3 Å². The first-order chi connectivity index (χ1) is 6.33. The van der Waals surface area contributed by atoms with Crippen molar-refractivity contribution in [2.24, 2.45) is 11.8 Å².